The molecule has 0 saturated heterocycles. The summed E-state index contributed by atoms with van der Waals surface area (Å²) in [6, 6.07) is 13.0. The number of aromatic nitrogens is 2. The van der Waals surface area contributed by atoms with Crippen LogP contribution in [0.5, 0.6) is 5.75 Å². The number of aromatic hydroxyl groups is 1. The van der Waals surface area contributed by atoms with Crippen molar-refractivity contribution in [2.45, 2.75) is 10.9 Å². The fourth-order valence-corrected chi connectivity index (χ4v) is 3.85. The number of hydrogen-bond donors (Lipinski definition) is 3. The van der Waals surface area contributed by atoms with Gasteiger partial charge in [-0.3, -0.25) is 20.4 Å². The van der Waals surface area contributed by atoms with E-state index in [2.05, 4.69) is 20.8 Å². The summed E-state index contributed by atoms with van der Waals surface area (Å²) < 4.78 is 5.74. The van der Waals surface area contributed by atoms with Gasteiger partial charge in [0.05, 0.1) is 5.56 Å². The zero-order valence-corrected chi connectivity index (χ0v) is 17.4. The number of phenolic OH excluding ortho intramolecular Hbond substituents is 1. The number of para-hydroxylation sites is 1. The second kappa shape index (κ2) is 9.07. The summed E-state index contributed by atoms with van der Waals surface area (Å²) in [5.41, 5.74) is 5.69. The van der Waals surface area contributed by atoms with E-state index in [9.17, 15) is 14.7 Å². The lowest BCUT2D eigenvalue weighted by Crippen LogP contribution is -2.41. The second-order valence-electron chi connectivity index (χ2n) is 6.30. The first-order valence-electron chi connectivity index (χ1n) is 9.02. The number of nitrogens with zero attached hydrogens (tertiary/aromatic N) is 2. The van der Waals surface area contributed by atoms with Crippen LogP contribution in [0.2, 0.25) is 5.02 Å². The topological polar surface area (TPSA) is 117 Å². The van der Waals surface area contributed by atoms with Crippen molar-refractivity contribution in [3.8, 4) is 5.75 Å². The van der Waals surface area contributed by atoms with Gasteiger partial charge in [0.2, 0.25) is 0 Å². The number of furan rings is 1. The van der Waals surface area contributed by atoms with Gasteiger partial charge in [-0.15, -0.1) is 0 Å². The Kier molecular flexibility index (Phi) is 6.06. The molecule has 0 spiro atoms. The zero-order chi connectivity index (χ0) is 21.8. The Labute approximate surface area is 185 Å². The fourth-order valence-electron chi connectivity index (χ4n) is 2.85. The van der Waals surface area contributed by atoms with Gasteiger partial charge in [0.15, 0.2) is 10.9 Å². The van der Waals surface area contributed by atoms with Crippen LogP contribution in [0.4, 0.5) is 0 Å². The van der Waals surface area contributed by atoms with E-state index in [4.69, 9.17) is 16.0 Å². The first-order valence-corrected chi connectivity index (χ1v) is 10.4. The zero-order valence-electron chi connectivity index (χ0n) is 15.8. The van der Waals surface area contributed by atoms with Crippen molar-refractivity contribution < 1.29 is 19.1 Å². The van der Waals surface area contributed by atoms with Crippen molar-refractivity contribution in [3.05, 3.63) is 82.8 Å². The Morgan fingerprint density at radius 2 is 1.77 bits per heavy atom. The molecule has 0 aliphatic rings. The Hall–Kier alpha value is -3.56. The van der Waals surface area contributed by atoms with Gasteiger partial charge in [-0.25, -0.2) is 9.97 Å². The number of halogens is 1. The lowest BCUT2D eigenvalue weighted by molar-refractivity contribution is 0.0830. The number of carbonyl (C=O) groups is 2. The van der Waals surface area contributed by atoms with Crippen molar-refractivity contribution in [2.24, 2.45) is 0 Å². The normalized spacial score (nSPS) is 10.7. The number of thioether (sulfide) groups is 1. The quantitative estimate of drug-likeness (QED) is 0.237. The molecule has 2 aromatic heterocycles. The van der Waals surface area contributed by atoms with Gasteiger partial charge < -0.3 is 9.52 Å². The summed E-state index contributed by atoms with van der Waals surface area (Å²) in [4.78, 5) is 33.5. The van der Waals surface area contributed by atoms with Gasteiger partial charge in [-0.05, 0) is 30.3 Å². The maximum absolute atomic E-state index is 12.8. The highest BCUT2D eigenvalue weighted by Crippen LogP contribution is 2.31. The molecular formula is C21H15ClN4O4S. The smallest absolute Gasteiger partial charge is 0.305 e. The minimum atomic E-state index is -0.724. The Morgan fingerprint density at radius 1 is 1.03 bits per heavy atom. The predicted octanol–water partition coefficient (Wildman–Crippen LogP) is 3.95. The molecular weight excluding hydrogens is 440 g/mol. The Bertz CT molecular complexity index is 1260. The van der Waals surface area contributed by atoms with Gasteiger partial charge in [0, 0.05) is 34.1 Å². The lowest BCUT2D eigenvalue weighted by atomic mass is 10.1. The molecule has 0 fully saturated rings. The molecule has 156 valence electrons. The second-order valence-corrected chi connectivity index (χ2v) is 7.67. The van der Waals surface area contributed by atoms with E-state index >= 15 is 0 Å². The molecule has 0 unspecified atom stereocenters. The maximum Gasteiger partial charge on any atom is 0.305 e. The Morgan fingerprint density at radius 3 is 2.58 bits per heavy atom. The molecule has 0 atom stereocenters. The minimum absolute atomic E-state index is 0.0558. The molecule has 4 aromatic rings. The third-order valence-corrected chi connectivity index (χ3v) is 5.42. The standard InChI is InChI=1S/C21H15ClN4O4S/c22-12-6-7-16(27)14(10-12)19(28)25-26-20(29)18-15(11-31-21-23-8-3-9-24-21)13-4-1-2-5-17(13)30-18/h1-10,27H,11H2,(H,25,28)(H,26,29). The van der Waals surface area contributed by atoms with E-state index in [1.165, 1.54) is 30.0 Å². The molecule has 2 heterocycles. The van der Waals surface area contributed by atoms with Crippen LogP contribution in [0, 0.1) is 0 Å². The summed E-state index contributed by atoms with van der Waals surface area (Å²) >= 11 is 7.22. The van der Waals surface area contributed by atoms with Crippen LogP contribution in [0.3, 0.4) is 0 Å². The molecule has 0 bridgehead atoms. The van der Waals surface area contributed by atoms with Crippen molar-refractivity contribution >= 4 is 46.1 Å². The Balaban J connectivity index is 1.54. The number of carbonyl (C=O) groups excluding carboxylic acids is 2. The van der Waals surface area contributed by atoms with E-state index in [-0.39, 0.29) is 22.1 Å². The van der Waals surface area contributed by atoms with E-state index in [1.807, 2.05) is 12.1 Å². The molecule has 2 amide bonds. The summed E-state index contributed by atoms with van der Waals surface area (Å²) in [7, 11) is 0. The molecule has 31 heavy (non-hydrogen) atoms. The number of nitrogens with one attached hydrogen (secondary N) is 2. The number of benzene rings is 2. The number of hydrazine groups is 1. The fraction of sp³-hybridized carbons (Fsp3) is 0.0476. The van der Waals surface area contributed by atoms with Gasteiger partial charge in [-0.1, -0.05) is 41.6 Å². The van der Waals surface area contributed by atoms with Crippen molar-refractivity contribution in [3.63, 3.8) is 0 Å². The van der Waals surface area contributed by atoms with Crippen molar-refractivity contribution in [2.75, 3.05) is 0 Å². The van der Waals surface area contributed by atoms with Gasteiger partial charge in [-0.2, -0.15) is 0 Å². The molecule has 0 saturated carbocycles. The molecule has 2 aromatic carbocycles. The van der Waals surface area contributed by atoms with Gasteiger partial charge >= 0.3 is 5.91 Å². The van der Waals surface area contributed by atoms with E-state index in [0.717, 1.165) is 5.39 Å². The highest BCUT2D eigenvalue weighted by Gasteiger charge is 2.22. The first kappa shape index (κ1) is 20.7. The van der Waals surface area contributed by atoms with Gasteiger partial charge in [0.25, 0.3) is 5.91 Å². The molecule has 8 nitrogen and oxygen atoms in total. The van der Waals surface area contributed by atoms with E-state index < -0.39 is 11.8 Å². The summed E-state index contributed by atoms with van der Waals surface area (Å²) in [5.74, 6) is -1.19. The average Bonchev–Trinajstić information content (AvgIpc) is 3.17. The van der Waals surface area contributed by atoms with Crippen LogP contribution in [-0.2, 0) is 5.75 Å². The molecule has 0 aliphatic heterocycles. The highest BCUT2D eigenvalue weighted by molar-refractivity contribution is 7.98. The number of rotatable bonds is 5. The van der Waals surface area contributed by atoms with Crippen LogP contribution >= 0.6 is 23.4 Å². The molecule has 10 heteroatoms. The number of hydrogen-bond acceptors (Lipinski definition) is 7. The monoisotopic (exact) mass is 454 g/mol. The average molecular weight is 455 g/mol. The molecule has 4 rings (SSSR count). The third-order valence-electron chi connectivity index (χ3n) is 4.28. The lowest BCUT2D eigenvalue weighted by Gasteiger charge is -2.09. The van der Waals surface area contributed by atoms with Gasteiger partial charge in [0.1, 0.15) is 11.3 Å². The predicted molar refractivity (Wildman–Crippen MR) is 116 cm³/mol. The largest absolute Gasteiger partial charge is 0.507 e. The van der Waals surface area contributed by atoms with E-state index in [0.29, 0.717) is 22.1 Å². The van der Waals surface area contributed by atoms with Crippen LogP contribution < -0.4 is 10.9 Å². The number of amides is 2. The number of phenols is 1. The molecule has 0 aliphatic carbocycles. The molecule has 3 N–H and O–H groups in total. The van der Waals surface area contributed by atoms with Crippen LogP contribution in [0.25, 0.3) is 11.0 Å². The summed E-state index contributed by atoms with van der Waals surface area (Å²) in [6.45, 7) is 0. The first-order chi connectivity index (χ1) is 15.0. The van der Waals surface area contributed by atoms with Crippen molar-refractivity contribution in [1.29, 1.82) is 0 Å². The van der Waals surface area contributed by atoms with Crippen molar-refractivity contribution in [1.82, 2.24) is 20.8 Å². The van der Waals surface area contributed by atoms with Crippen LogP contribution in [-0.4, -0.2) is 26.9 Å². The van der Waals surface area contributed by atoms with E-state index in [1.54, 1.807) is 30.6 Å². The summed E-state index contributed by atoms with van der Waals surface area (Å²) in [5, 5.41) is 11.4. The third kappa shape index (κ3) is 4.62. The van der Waals surface area contributed by atoms with Crippen LogP contribution in [0.15, 0.2) is 70.5 Å². The highest BCUT2D eigenvalue weighted by atomic mass is 35.5. The maximum atomic E-state index is 12.8. The minimum Gasteiger partial charge on any atom is -0.507 e. The number of fused-ring (bicyclic) bond motifs is 1. The molecule has 0 radical (unpaired) electrons. The summed E-state index contributed by atoms with van der Waals surface area (Å²) in [6.07, 6.45) is 3.27. The SMILES string of the molecule is O=C(NNC(=O)c1oc2ccccc2c1CSc1ncccn1)c1cc(Cl)ccc1O. The van der Waals surface area contributed by atoms with Crippen LogP contribution in [0.1, 0.15) is 26.5 Å².